The number of aromatic nitrogens is 3. The predicted octanol–water partition coefficient (Wildman–Crippen LogP) is 4.18. The number of hydrogen-bond donors (Lipinski definition) is 1. The number of hydrogen-bond acceptors (Lipinski definition) is 9. The molecule has 0 amide bonds. The molecular formula is C25H22F4N6O3. The van der Waals surface area contributed by atoms with Crippen LogP contribution >= 0.6 is 0 Å². The first-order valence-corrected chi connectivity index (χ1v) is 11.6. The van der Waals surface area contributed by atoms with E-state index in [9.17, 15) is 17.6 Å². The van der Waals surface area contributed by atoms with E-state index in [1.54, 1.807) is 0 Å². The van der Waals surface area contributed by atoms with Gasteiger partial charge in [0.25, 0.3) is 5.88 Å². The van der Waals surface area contributed by atoms with Gasteiger partial charge in [0.05, 0.1) is 43.2 Å². The van der Waals surface area contributed by atoms with E-state index >= 15 is 0 Å². The smallest absolute Gasteiger partial charge is 0.417 e. The van der Waals surface area contributed by atoms with Crippen LogP contribution in [0.4, 0.5) is 34.9 Å². The summed E-state index contributed by atoms with van der Waals surface area (Å²) in [5.41, 5.74) is -0.531. The number of alkyl halides is 3. The predicted molar refractivity (Wildman–Crippen MR) is 127 cm³/mol. The molecule has 2 saturated heterocycles. The molecule has 2 aliphatic rings. The Morgan fingerprint density at radius 1 is 1.11 bits per heavy atom. The Morgan fingerprint density at radius 2 is 1.87 bits per heavy atom. The average Bonchev–Trinajstić information content (AvgIpc) is 2.89. The van der Waals surface area contributed by atoms with Crippen LogP contribution in [0.2, 0.25) is 0 Å². The lowest BCUT2D eigenvalue weighted by atomic mass is 9.84. The number of halogens is 4. The zero-order valence-corrected chi connectivity index (χ0v) is 20.1. The standard InChI is InChI=1S/C25H22F4N6O3/c1-36-22-23(34-19-4-2-14(7-30)6-18(19)26)32-13-33-24(22)38-21-15-9-35(10-16(21)12-37-11-15)20-5-3-17(8-31-20)25(27,28)29/h2-6,8,13,15-16,21H,9-12H2,1H3,(H,32,33,34). The Morgan fingerprint density at radius 3 is 2.47 bits per heavy atom. The highest BCUT2D eigenvalue weighted by molar-refractivity contribution is 5.65. The highest BCUT2D eigenvalue weighted by Gasteiger charge is 2.43. The third-order valence-electron chi connectivity index (χ3n) is 6.48. The Hall–Kier alpha value is -4.18. The molecule has 3 aromatic rings. The fourth-order valence-electron chi connectivity index (χ4n) is 4.68. The van der Waals surface area contributed by atoms with Gasteiger partial charge in [-0.1, -0.05) is 0 Å². The summed E-state index contributed by atoms with van der Waals surface area (Å²) in [7, 11) is 1.41. The van der Waals surface area contributed by atoms with Gasteiger partial charge >= 0.3 is 6.18 Å². The average molecular weight is 530 g/mol. The van der Waals surface area contributed by atoms with Crippen LogP contribution in [-0.2, 0) is 10.9 Å². The minimum absolute atomic E-state index is 0.0922. The van der Waals surface area contributed by atoms with Crippen molar-refractivity contribution in [3.63, 3.8) is 0 Å². The third-order valence-corrected chi connectivity index (χ3v) is 6.48. The summed E-state index contributed by atoms with van der Waals surface area (Å²) in [5, 5.41) is 11.8. The van der Waals surface area contributed by atoms with E-state index in [4.69, 9.17) is 19.5 Å². The number of nitriles is 1. The SMILES string of the molecule is COc1c(Nc2ccc(C#N)cc2F)ncnc1OC1C2COCC1CN(c1ccc(C(F)(F)F)cn1)C2. The van der Waals surface area contributed by atoms with E-state index in [0.717, 1.165) is 18.3 Å². The second-order valence-corrected chi connectivity index (χ2v) is 8.94. The minimum Gasteiger partial charge on any atom is -0.489 e. The molecule has 5 rings (SSSR count). The topological polar surface area (TPSA) is 105 Å². The van der Waals surface area contributed by atoms with Gasteiger partial charge in [0.2, 0.25) is 5.75 Å². The van der Waals surface area contributed by atoms with Crippen LogP contribution in [0.25, 0.3) is 0 Å². The Kier molecular flexibility index (Phi) is 6.90. The minimum atomic E-state index is -4.45. The molecule has 9 nitrogen and oxygen atoms in total. The van der Waals surface area contributed by atoms with Crippen molar-refractivity contribution in [1.29, 1.82) is 5.26 Å². The number of anilines is 3. The number of methoxy groups -OCH3 is 1. The van der Waals surface area contributed by atoms with E-state index in [2.05, 4.69) is 20.3 Å². The van der Waals surface area contributed by atoms with Gasteiger partial charge in [-0.3, -0.25) is 0 Å². The summed E-state index contributed by atoms with van der Waals surface area (Å²) in [6, 6.07) is 8.26. The number of benzene rings is 1. The quantitative estimate of drug-likeness (QED) is 0.470. The number of nitrogens with one attached hydrogen (secondary N) is 1. The van der Waals surface area contributed by atoms with Gasteiger partial charge in [-0.15, -0.1) is 0 Å². The number of rotatable bonds is 6. The number of nitrogens with zero attached hydrogens (tertiary/aromatic N) is 5. The first-order chi connectivity index (χ1) is 18.3. The van der Waals surface area contributed by atoms with Gasteiger partial charge < -0.3 is 24.4 Å². The van der Waals surface area contributed by atoms with Crippen LogP contribution in [0.1, 0.15) is 11.1 Å². The van der Waals surface area contributed by atoms with Crippen LogP contribution in [-0.4, -0.2) is 54.5 Å². The van der Waals surface area contributed by atoms with Crippen molar-refractivity contribution >= 4 is 17.3 Å². The Bertz CT molecular complexity index is 1330. The van der Waals surface area contributed by atoms with Crippen molar-refractivity contribution in [3.05, 3.63) is 59.8 Å². The van der Waals surface area contributed by atoms with Crippen LogP contribution in [0.15, 0.2) is 42.9 Å². The zero-order valence-electron chi connectivity index (χ0n) is 20.1. The maximum Gasteiger partial charge on any atom is 0.417 e. The molecule has 0 radical (unpaired) electrons. The largest absolute Gasteiger partial charge is 0.489 e. The van der Waals surface area contributed by atoms with Crippen molar-refractivity contribution < 1.29 is 31.8 Å². The monoisotopic (exact) mass is 530 g/mol. The molecule has 2 fully saturated rings. The van der Waals surface area contributed by atoms with E-state index in [0.29, 0.717) is 32.1 Å². The fraction of sp³-hybridized carbons (Fsp3) is 0.360. The van der Waals surface area contributed by atoms with Gasteiger partial charge in [-0.05, 0) is 30.3 Å². The van der Waals surface area contributed by atoms with Gasteiger partial charge in [0.1, 0.15) is 24.1 Å². The fourth-order valence-corrected chi connectivity index (χ4v) is 4.68. The molecule has 2 aromatic heterocycles. The Labute approximate surface area is 215 Å². The zero-order chi connectivity index (χ0) is 26.9. The molecule has 2 unspecified atom stereocenters. The maximum absolute atomic E-state index is 14.4. The molecule has 0 saturated carbocycles. The number of pyridine rings is 1. The molecule has 4 heterocycles. The summed E-state index contributed by atoms with van der Waals surface area (Å²) >= 11 is 0. The number of piperidine rings is 1. The van der Waals surface area contributed by atoms with Crippen molar-refractivity contribution in [2.75, 3.05) is 43.6 Å². The molecule has 2 bridgehead atoms. The molecule has 198 valence electrons. The first-order valence-electron chi connectivity index (χ1n) is 11.6. The summed E-state index contributed by atoms with van der Waals surface area (Å²) in [6.45, 7) is 1.67. The molecule has 0 spiro atoms. The van der Waals surface area contributed by atoms with Gasteiger partial charge in [0, 0.05) is 31.1 Å². The van der Waals surface area contributed by atoms with E-state index in [1.165, 1.54) is 31.6 Å². The highest BCUT2D eigenvalue weighted by atomic mass is 19.4. The number of fused-ring (bicyclic) bond motifs is 2. The van der Waals surface area contributed by atoms with E-state index < -0.39 is 17.6 Å². The Balaban J connectivity index is 1.34. The van der Waals surface area contributed by atoms with Crippen molar-refractivity contribution in [1.82, 2.24) is 15.0 Å². The second kappa shape index (κ2) is 10.3. The van der Waals surface area contributed by atoms with Gasteiger partial charge in [-0.25, -0.2) is 14.4 Å². The molecule has 2 aliphatic heterocycles. The summed E-state index contributed by atoms with van der Waals surface area (Å²) in [6.07, 6.45) is -2.68. The summed E-state index contributed by atoms with van der Waals surface area (Å²) in [4.78, 5) is 14.3. The van der Waals surface area contributed by atoms with E-state index in [1.807, 2.05) is 11.0 Å². The van der Waals surface area contributed by atoms with Crippen LogP contribution in [0.5, 0.6) is 11.6 Å². The summed E-state index contributed by atoms with van der Waals surface area (Å²) in [5.74, 6) is 0.0577. The third kappa shape index (κ3) is 5.12. The summed E-state index contributed by atoms with van der Waals surface area (Å²) < 4.78 is 70.8. The first kappa shape index (κ1) is 25.5. The van der Waals surface area contributed by atoms with Gasteiger partial charge in [-0.2, -0.15) is 23.4 Å². The molecule has 0 aliphatic carbocycles. The second-order valence-electron chi connectivity index (χ2n) is 8.94. The maximum atomic E-state index is 14.4. The number of ether oxygens (including phenoxy) is 3. The molecule has 1 aromatic carbocycles. The molecule has 1 N–H and O–H groups in total. The van der Waals surface area contributed by atoms with Crippen molar-refractivity contribution in [2.45, 2.75) is 12.3 Å². The highest BCUT2D eigenvalue weighted by Crippen LogP contribution is 2.39. The van der Waals surface area contributed by atoms with Crippen LogP contribution in [0, 0.1) is 29.0 Å². The lowest BCUT2D eigenvalue weighted by Crippen LogP contribution is -2.57. The van der Waals surface area contributed by atoms with Crippen LogP contribution < -0.4 is 19.7 Å². The van der Waals surface area contributed by atoms with Crippen molar-refractivity contribution in [2.24, 2.45) is 11.8 Å². The molecule has 13 heteroatoms. The van der Waals surface area contributed by atoms with E-state index in [-0.39, 0.29) is 46.6 Å². The molecular weight excluding hydrogens is 508 g/mol. The lowest BCUT2D eigenvalue weighted by Gasteiger charge is -2.46. The van der Waals surface area contributed by atoms with Gasteiger partial charge in [0.15, 0.2) is 5.82 Å². The van der Waals surface area contributed by atoms with Crippen LogP contribution in [0.3, 0.4) is 0 Å². The molecule has 2 atom stereocenters. The van der Waals surface area contributed by atoms with Crippen molar-refractivity contribution in [3.8, 4) is 17.7 Å². The normalized spacial score (nSPS) is 20.9. The lowest BCUT2D eigenvalue weighted by molar-refractivity contribution is -0.137. The molecule has 38 heavy (non-hydrogen) atoms.